The summed E-state index contributed by atoms with van der Waals surface area (Å²) in [6, 6.07) is 15.7. The number of primary amides is 1. The number of carbonyl (C=O) groups is 15. The number of guanidine groups is 3. The van der Waals surface area contributed by atoms with E-state index in [1.165, 1.54) is 0 Å². The van der Waals surface area contributed by atoms with Gasteiger partial charge < -0.3 is 82.5 Å². The number of hydrogen-bond acceptors (Lipinski definition) is 19. The van der Waals surface area contributed by atoms with Crippen LogP contribution in [0.3, 0.4) is 0 Å². The smallest absolute Gasteiger partial charge is 0.305 e. The minimum Gasteiger partial charge on any atom is -0.481 e. The molecule has 3 aromatic carbocycles. The van der Waals surface area contributed by atoms with Crippen LogP contribution in [-0.2, 0) is 91.2 Å². The Bertz CT molecular complexity index is 3950. The van der Waals surface area contributed by atoms with E-state index in [4.69, 9.17) is 40.1 Å². The van der Waals surface area contributed by atoms with Crippen molar-refractivity contribution >= 4 is 118 Å². The number of nitrogens with one attached hydrogen (secondary N) is 7. The van der Waals surface area contributed by atoms with Gasteiger partial charge in [0.2, 0.25) is 47.3 Å². The summed E-state index contributed by atoms with van der Waals surface area (Å²) in [5, 5.41) is 29.4. The summed E-state index contributed by atoms with van der Waals surface area (Å²) in [6.07, 6.45) is -4.33. The van der Waals surface area contributed by atoms with Gasteiger partial charge in [0.25, 0.3) is 0 Å². The molecule has 4 rings (SSSR count). The second kappa shape index (κ2) is 52.0. The van der Waals surface area contributed by atoms with E-state index in [0.29, 0.717) is 23.1 Å². The van der Waals surface area contributed by atoms with Crippen molar-refractivity contribution in [3.05, 3.63) is 108 Å². The van der Waals surface area contributed by atoms with Crippen LogP contribution in [0.2, 0.25) is 0 Å². The first-order valence-corrected chi connectivity index (χ1v) is 41.6. The van der Waals surface area contributed by atoms with E-state index in [0.717, 1.165) is 11.8 Å². The first-order valence-electron chi connectivity index (χ1n) is 40.5. The number of aliphatic carboxylic acids is 1. The maximum Gasteiger partial charge on any atom is 0.305 e. The molecule has 3 aromatic rings. The van der Waals surface area contributed by atoms with E-state index in [1.807, 2.05) is 20.8 Å². The molecule has 0 aliphatic carbocycles. The average Bonchev–Trinajstić information content (AvgIpc) is 0.846. The zero-order chi connectivity index (χ0) is 87.7. The zero-order valence-corrected chi connectivity index (χ0v) is 70.0. The number of benzene rings is 3. The highest BCUT2D eigenvalue weighted by Crippen LogP contribution is 2.31. The second-order valence-electron chi connectivity index (χ2n) is 31.5. The van der Waals surface area contributed by atoms with Crippen LogP contribution in [0.4, 0.5) is 0 Å². The third-order valence-electron chi connectivity index (χ3n) is 20.8. The van der Waals surface area contributed by atoms with Crippen molar-refractivity contribution in [1.29, 1.82) is 0 Å². The van der Waals surface area contributed by atoms with Gasteiger partial charge >= 0.3 is 5.97 Å². The van der Waals surface area contributed by atoms with E-state index >= 15 is 24.0 Å². The quantitative estimate of drug-likeness (QED) is 0.0259. The third kappa shape index (κ3) is 37.1. The highest BCUT2D eigenvalue weighted by atomic mass is 32.2. The topological polar surface area (TPSA) is 580 Å². The number of hydrogen-bond donors (Lipinski definition) is 15. The molecular weight excluding hydrogens is 1540 g/mol. The molecule has 648 valence electrons. The summed E-state index contributed by atoms with van der Waals surface area (Å²) in [7, 11) is 0. The largest absolute Gasteiger partial charge is 0.481 e. The predicted octanol–water partition coefficient (Wildman–Crippen LogP) is 2.61. The number of rotatable bonds is 30. The summed E-state index contributed by atoms with van der Waals surface area (Å²) >= 11 is 0.886. The Labute approximate surface area is 695 Å². The van der Waals surface area contributed by atoms with E-state index in [2.05, 4.69) is 52.2 Å². The van der Waals surface area contributed by atoms with Gasteiger partial charge in [0.15, 0.2) is 41.0 Å². The molecule has 1 aliphatic rings. The number of carboxylic acids is 1. The van der Waals surface area contributed by atoms with Crippen molar-refractivity contribution in [2.24, 2.45) is 108 Å². The number of carbonyl (C=O) groups excluding carboxylic acids is 14. The van der Waals surface area contributed by atoms with Crippen molar-refractivity contribution < 1.29 is 77.0 Å². The highest BCUT2D eigenvalue weighted by molar-refractivity contribution is 8.00. The number of aliphatic imine (C=N–C) groups is 3. The average molecular weight is 1660 g/mol. The molecular formula is C84H125N17O16S. The number of nitrogens with two attached hydrogens (primary N) is 7. The lowest BCUT2D eigenvalue weighted by Crippen LogP contribution is -2.57. The summed E-state index contributed by atoms with van der Waals surface area (Å²) in [6.45, 7) is 13.9. The van der Waals surface area contributed by atoms with Crippen LogP contribution >= 0.6 is 11.8 Å². The third-order valence-corrected chi connectivity index (χ3v) is 21.8. The normalized spacial score (nSPS) is 23.3. The number of carboxylic acid groups (broad SMARTS) is 1. The minimum absolute atomic E-state index is 0.0256. The lowest BCUT2D eigenvalue weighted by Gasteiger charge is -2.29. The fourth-order valence-corrected chi connectivity index (χ4v) is 14.8. The molecule has 0 spiro atoms. The molecule has 118 heavy (non-hydrogen) atoms. The molecule has 0 radical (unpaired) electrons. The van der Waals surface area contributed by atoms with Gasteiger partial charge in [0.1, 0.15) is 29.7 Å². The van der Waals surface area contributed by atoms with E-state index in [1.54, 1.807) is 126 Å². The lowest BCUT2D eigenvalue weighted by molar-refractivity contribution is -0.142. The minimum atomic E-state index is -1.91. The van der Waals surface area contributed by atoms with Crippen molar-refractivity contribution in [1.82, 2.24) is 37.2 Å². The van der Waals surface area contributed by atoms with Gasteiger partial charge in [0, 0.05) is 106 Å². The van der Waals surface area contributed by atoms with Crippen molar-refractivity contribution in [3.8, 4) is 0 Å². The maximum atomic E-state index is 15.1. The molecule has 1 aliphatic heterocycles. The molecule has 8 amide bonds. The predicted molar refractivity (Wildman–Crippen MR) is 451 cm³/mol. The first kappa shape index (κ1) is 99.4. The van der Waals surface area contributed by atoms with E-state index in [9.17, 15) is 53.1 Å². The Hall–Kier alpha value is -10.9. The monoisotopic (exact) mass is 1660 g/mol. The van der Waals surface area contributed by atoms with Crippen LogP contribution in [0.5, 0.6) is 0 Å². The van der Waals surface area contributed by atoms with Gasteiger partial charge in [-0.2, -0.15) is 0 Å². The molecule has 1 fully saturated rings. The van der Waals surface area contributed by atoms with E-state index < -0.39 is 228 Å². The van der Waals surface area contributed by atoms with Crippen LogP contribution in [0.15, 0.2) is 106 Å². The maximum absolute atomic E-state index is 15.1. The molecule has 13 atom stereocenters. The summed E-state index contributed by atoms with van der Waals surface area (Å²) in [4.78, 5) is 230. The molecule has 1 heterocycles. The molecule has 34 heteroatoms. The number of ketones is 6. The standard InChI is InChI=1S/C84H125N17O16S/c1-9-51(8)59-44-69(104)57(49(4)5)42-72(107)63(38-53-24-15-11-16-25-53)98-77(113)56(36-48(2)3)41-70(105)62(37-52-22-13-10-14-23-52)95-74(109)47-118-46-66(67(102)31-32-73(85)108)101-79(115)61(30-21-35-94-84(90)91)97-80(116)64(39-54-26-17-12-18-27-54)100-78(114)58(50(6)7)43-71(106)60(29-20-34-93-83(88)89)96-81(117)65(45-75(110)111)99-76(112)55(40-68(59)103)28-19-33-92-82(86)87/h10-18,22-27,48-51,55-66H,9,19-21,28-47H2,1-8H3,(H2,85,108)(H,95,109)(H,96,117)(H,97,116)(H,98,113)(H,99,112)(H,100,114)(H,101,115)(H,110,111)(H4,86,87,92)(H4,88,89,93)(H4,90,91,94)/t51-,55+,56+,57-,58-,59-,60-,61-,62-,63-,64-,65-,66-/m0/s1. The van der Waals surface area contributed by atoms with Gasteiger partial charge in [-0.05, 0) is 98.1 Å². The van der Waals surface area contributed by atoms with Crippen LogP contribution in [0.1, 0.15) is 175 Å². The summed E-state index contributed by atoms with van der Waals surface area (Å²) < 4.78 is 0. The molecule has 0 saturated carbocycles. The molecule has 0 bridgehead atoms. The van der Waals surface area contributed by atoms with Gasteiger partial charge in [-0.1, -0.05) is 153 Å². The lowest BCUT2D eigenvalue weighted by atomic mass is 9.76. The SMILES string of the molecule is CC[C@H](C)[C@@H]1CC(=O)[C@H](C(C)C)CC(=O)[C@H](Cc2ccccc2)NC(=O)[C@H](CC(C)C)CC(=O)[C@H](Cc2ccccc2)NC(=O)CSC[C@@H](C(=O)CCC(N)=O)NC(=O)[C@H](CCCN=C(N)N)NC(=O)[C@H](Cc2ccccc2)NC(=O)[C@H](C(C)C)CC(=O)[C@H](CCCN=C(N)N)NC(=O)[C@H](CC(=O)O)NC(=O)[C@H](CCCN=C(N)N)CC1=O. The van der Waals surface area contributed by atoms with Gasteiger partial charge in [-0.3, -0.25) is 86.9 Å². The highest BCUT2D eigenvalue weighted by Gasteiger charge is 2.40. The summed E-state index contributed by atoms with van der Waals surface area (Å²) in [5.74, 6) is -21.2. The number of Topliss-reactive ketones (excluding diaryl/α,β-unsaturated/α-hetero) is 6. The first-order chi connectivity index (χ1) is 55.8. The summed E-state index contributed by atoms with van der Waals surface area (Å²) in [5.41, 5.74) is 41.2. The fourth-order valence-electron chi connectivity index (χ4n) is 13.9. The van der Waals surface area contributed by atoms with Crippen LogP contribution in [0, 0.1) is 53.3 Å². The van der Waals surface area contributed by atoms with Crippen LogP contribution in [0.25, 0.3) is 0 Å². The molecule has 0 aromatic heterocycles. The number of thioether (sulfide) groups is 1. The van der Waals surface area contributed by atoms with Crippen molar-refractivity contribution in [2.45, 2.75) is 220 Å². The van der Waals surface area contributed by atoms with Crippen LogP contribution in [-0.4, -0.2) is 184 Å². The van der Waals surface area contributed by atoms with Gasteiger partial charge in [-0.15, -0.1) is 11.8 Å². The fraction of sp³-hybridized carbons (Fsp3) is 0.571. The van der Waals surface area contributed by atoms with Crippen LogP contribution < -0.4 is 77.4 Å². The van der Waals surface area contributed by atoms with Gasteiger partial charge in [-0.25, -0.2) is 0 Å². The van der Waals surface area contributed by atoms with E-state index in [-0.39, 0.29) is 120 Å². The Kier molecular flexibility index (Phi) is 43.8. The van der Waals surface area contributed by atoms with Crippen molar-refractivity contribution in [3.63, 3.8) is 0 Å². The second-order valence-corrected chi connectivity index (χ2v) is 32.5. The van der Waals surface area contributed by atoms with Crippen molar-refractivity contribution in [2.75, 3.05) is 31.1 Å². The Morgan fingerprint density at radius 1 is 0.432 bits per heavy atom. The Morgan fingerprint density at radius 3 is 1.32 bits per heavy atom. The molecule has 22 N–H and O–H groups in total. The number of nitrogens with zero attached hydrogens (tertiary/aromatic N) is 3. The molecule has 33 nitrogen and oxygen atoms in total. The Balaban J connectivity index is 1.98. The molecule has 1 saturated heterocycles. The zero-order valence-electron chi connectivity index (χ0n) is 69.2. The van der Waals surface area contributed by atoms with Gasteiger partial charge in [0.05, 0.1) is 36.3 Å². The number of amides is 8. The Morgan fingerprint density at radius 2 is 0.831 bits per heavy atom. The molecule has 0 unspecified atom stereocenters.